The molecule has 1 saturated heterocycles. The number of carboxylic acid groups (broad SMARTS) is 1. The Labute approximate surface area is 179 Å². The van der Waals surface area contributed by atoms with Crippen molar-refractivity contribution in [2.75, 3.05) is 0 Å². The van der Waals surface area contributed by atoms with Crippen LogP contribution in [0.1, 0.15) is 13.8 Å². The summed E-state index contributed by atoms with van der Waals surface area (Å²) in [5.74, 6) is -2.61. The van der Waals surface area contributed by atoms with Crippen molar-refractivity contribution in [3.63, 3.8) is 0 Å². The number of carboxylic acids is 1. The molecule has 4 atom stereocenters. The number of fused-ring (bicyclic) bond motifs is 2. The Hall–Kier alpha value is -1.04. The molecule has 0 bridgehead atoms. The molecule has 1 amide bonds. The van der Waals surface area contributed by atoms with E-state index in [1.165, 1.54) is 28.0 Å². The van der Waals surface area contributed by atoms with Crippen LogP contribution < -0.4 is 34.7 Å². The Morgan fingerprint density at radius 3 is 2.73 bits per heavy atom. The number of hydrogen-bond acceptors (Lipinski definition) is 9. The second-order valence-electron chi connectivity index (χ2n) is 6.02. The van der Waals surface area contributed by atoms with E-state index in [1.54, 1.807) is 19.3 Å². The van der Waals surface area contributed by atoms with E-state index >= 15 is 0 Å². The maximum Gasteiger partial charge on any atom is 1.00 e. The van der Waals surface area contributed by atoms with Crippen LogP contribution in [0.4, 0.5) is 0 Å². The van der Waals surface area contributed by atoms with Gasteiger partial charge in [0.2, 0.25) is 5.91 Å². The fourth-order valence-electron chi connectivity index (χ4n) is 3.44. The van der Waals surface area contributed by atoms with Crippen molar-refractivity contribution in [3.05, 3.63) is 23.0 Å². The van der Waals surface area contributed by atoms with E-state index in [9.17, 15) is 19.8 Å². The van der Waals surface area contributed by atoms with E-state index in [4.69, 9.17) is 0 Å². The van der Waals surface area contributed by atoms with Crippen molar-refractivity contribution < 1.29 is 49.4 Å². The number of amides is 1. The van der Waals surface area contributed by atoms with Crippen LogP contribution in [0.5, 0.6) is 0 Å². The van der Waals surface area contributed by atoms with Gasteiger partial charge in [0.25, 0.3) is 0 Å². The molecule has 2 aliphatic heterocycles. The summed E-state index contributed by atoms with van der Waals surface area (Å²) in [6, 6.07) is -0.367. The molecule has 0 aromatic carbocycles. The van der Waals surface area contributed by atoms with Crippen LogP contribution in [0.2, 0.25) is 0 Å². The molecule has 0 radical (unpaired) electrons. The summed E-state index contributed by atoms with van der Waals surface area (Å²) in [5, 5.41) is 21.5. The maximum atomic E-state index is 12.3. The molecular weight excluding hydrogens is 387 g/mol. The molecule has 1 fully saturated rings. The Kier molecular flexibility index (Phi) is 5.44. The molecule has 0 spiro atoms. The SMILES string of the molecule is CC(O)C1C(=O)N2C(C(=O)[O-])=C(Sc3nc4nccnc4s3)C(C)C12.[Na+]. The van der Waals surface area contributed by atoms with Gasteiger partial charge in [-0.25, -0.2) is 15.0 Å². The summed E-state index contributed by atoms with van der Waals surface area (Å²) in [6.45, 7) is 3.39. The van der Waals surface area contributed by atoms with Gasteiger partial charge in [-0.3, -0.25) is 4.79 Å². The van der Waals surface area contributed by atoms with Crippen LogP contribution in [0, 0.1) is 11.8 Å². The molecular formula is C15H13N4NaO4S2. The second kappa shape index (κ2) is 7.17. The number of nitrogens with zero attached hydrogens (tertiary/aromatic N) is 4. The molecule has 130 valence electrons. The molecule has 0 aliphatic carbocycles. The van der Waals surface area contributed by atoms with Gasteiger partial charge >= 0.3 is 29.6 Å². The topological polar surface area (TPSA) is 119 Å². The van der Waals surface area contributed by atoms with Crippen LogP contribution in [0.15, 0.2) is 27.3 Å². The first-order valence-corrected chi connectivity index (χ1v) is 9.25. The number of carbonyl (C=O) groups excluding carboxylic acids is 2. The summed E-state index contributed by atoms with van der Waals surface area (Å²) in [4.78, 5) is 39.0. The number of aliphatic carboxylic acids is 1. The number of rotatable bonds is 4. The molecule has 2 aromatic rings. The number of carbonyl (C=O) groups is 2. The fourth-order valence-corrected chi connectivity index (χ4v) is 5.64. The fraction of sp³-hybridized carbons (Fsp3) is 0.400. The van der Waals surface area contributed by atoms with Gasteiger partial charge in [-0.2, -0.15) is 0 Å². The van der Waals surface area contributed by atoms with Gasteiger partial charge in [-0.1, -0.05) is 30.0 Å². The van der Waals surface area contributed by atoms with E-state index in [2.05, 4.69) is 15.0 Å². The first kappa shape index (κ1) is 19.7. The van der Waals surface area contributed by atoms with Crippen LogP contribution in [0.3, 0.4) is 0 Å². The van der Waals surface area contributed by atoms with Crippen molar-refractivity contribution in [2.45, 2.75) is 30.3 Å². The second-order valence-corrected chi connectivity index (χ2v) is 8.29. The minimum absolute atomic E-state index is 0. The molecule has 4 unspecified atom stereocenters. The van der Waals surface area contributed by atoms with E-state index in [-0.39, 0.29) is 53.1 Å². The maximum absolute atomic E-state index is 12.3. The van der Waals surface area contributed by atoms with E-state index < -0.39 is 18.0 Å². The molecule has 0 saturated carbocycles. The normalized spacial score (nSPS) is 25.7. The Morgan fingerprint density at radius 2 is 2.12 bits per heavy atom. The quantitative estimate of drug-likeness (QED) is 0.426. The minimum atomic E-state index is -1.40. The van der Waals surface area contributed by atoms with Gasteiger partial charge < -0.3 is 19.9 Å². The van der Waals surface area contributed by atoms with Gasteiger partial charge in [-0.05, 0) is 6.92 Å². The van der Waals surface area contributed by atoms with Gasteiger partial charge in [0.15, 0.2) is 14.8 Å². The van der Waals surface area contributed by atoms with Gasteiger partial charge in [-0.15, -0.1) is 0 Å². The standard InChI is InChI=1S/C15H14N4O4S2.Na/c1-5-8-7(6(2)20)13(21)19(8)9(14(22)23)10(5)24-15-18-11-12(25-15)17-4-3-16-11;/h3-8,20H,1-2H3,(H,22,23);/q;+1/p-1. The third kappa shape index (κ3) is 2.88. The number of aromatic nitrogens is 3. The van der Waals surface area contributed by atoms with Crippen molar-refractivity contribution in [1.82, 2.24) is 19.9 Å². The Bertz CT molecular complexity index is 898. The number of aliphatic hydroxyl groups is 1. The molecule has 4 rings (SSSR count). The van der Waals surface area contributed by atoms with Crippen molar-refractivity contribution >= 4 is 45.5 Å². The molecule has 8 nitrogen and oxygen atoms in total. The van der Waals surface area contributed by atoms with Crippen LogP contribution in [-0.4, -0.2) is 49.0 Å². The van der Waals surface area contributed by atoms with E-state index in [0.717, 1.165) is 0 Å². The molecule has 26 heavy (non-hydrogen) atoms. The zero-order chi connectivity index (χ0) is 17.9. The average Bonchev–Trinajstić information content (AvgIpc) is 3.05. The largest absolute Gasteiger partial charge is 1.00 e. The zero-order valence-corrected chi connectivity index (χ0v) is 17.9. The van der Waals surface area contributed by atoms with Crippen LogP contribution in [-0.2, 0) is 9.59 Å². The van der Waals surface area contributed by atoms with Crippen molar-refractivity contribution in [2.24, 2.45) is 11.8 Å². The monoisotopic (exact) mass is 400 g/mol. The number of aliphatic hydroxyl groups excluding tert-OH is 1. The summed E-state index contributed by atoms with van der Waals surface area (Å²) in [6.07, 6.45) is 2.27. The zero-order valence-electron chi connectivity index (χ0n) is 14.2. The predicted molar refractivity (Wildman–Crippen MR) is 88.1 cm³/mol. The number of β-lactam (4-membered cyclic amide) rings is 1. The number of thiazole rings is 1. The molecule has 2 aromatic heterocycles. The van der Waals surface area contributed by atoms with Crippen LogP contribution >= 0.6 is 23.1 Å². The Morgan fingerprint density at radius 1 is 1.42 bits per heavy atom. The first-order valence-electron chi connectivity index (χ1n) is 7.62. The molecule has 2 aliphatic rings. The summed E-state index contributed by atoms with van der Waals surface area (Å²) >= 11 is 2.50. The van der Waals surface area contributed by atoms with Crippen LogP contribution in [0.25, 0.3) is 10.5 Å². The summed E-state index contributed by atoms with van der Waals surface area (Å²) < 4.78 is 0.602. The molecule has 1 N–H and O–H groups in total. The molecule has 11 heteroatoms. The number of thioether (sulfide) groups is 1. The third-order valence-electron chi connectivity index (χ3n) is 4.53. The summed E-state index contributed by atoms with van der Waals surface area (Å²) in [5.41, 5.74) is 0.377. The number of hydrogen-bond donors (Lipinski definition) is 1. The predicted octanol–water partition coefficient (Wildman–Crippen LogP) is -3.00. The summed E-state index contributed by atoms with van der Waals surface area (Å²) in [7, 11) is 0. The van der Waals surface area contributed by atoms with Crippen molar-refractivity contribution in [3.8, 4) is 0 Å². The smallest absolute Gasteiger partial charge is 0.543 e. The minimum Gasteiger partial charge on any atom is -0.543 e. The van der Waals surface area contributed by atoms with E-state index in [1.807, 2.05) is 6.92 Å². The van der Waals surface area contributed by atoms with E-state index in [0.29, 0.717) is 19.7 Å². The van der Waals surface area contributed by atoms with Gasteiger partial charge in [0.05, 0.1) is 29.7 Å². The first-order chi connectivity index (χ1) is 11.9. The average molecular weight is 400 g/mol. The Balaban J connectivity index is 0.00000196. The van der Waals surface area contributed by atoms with Gasteiger partial charge in [0.1, 0.15) is 0 Å². The third-order valence-corrected chi connectivity index (χ3v) is 6.83. The molecule has 4 heterocycles. The van der Waals surface area contributed by atoms with Gasteiger partial charge in [0, 0.05) is 23.2 Å². The van der Waals surface area contributed by atoms with Crippen molar-refractivity contribution in [1.29, 1.82) is 0 Å².